The Hall–Kier alpha value is -3.95. The molecule has 0 radical (unpaired) electrons. The Balaban J connectivity index is 1.43. The Morgan fingerprint density at radius 3 is 2.13 bits per heavy atom. The van der Waals surface area contributed by atoms with Crippen molar-refractivity contribution in [3.05, 3.63) is 110 Å². The second-order valence-corrected chi connectivity index (χ2v) is 9.33. The summed E-state index contributed by atoms with van der Waals surface area (Å²) in [5, 5.41) is 6.11. The Labute approximate surface area is 228 Å². The number of carbonyl (C=O) groups is 1. The molecule has 198 valence electrons. The van der Waals surface area contributed by atoms with Crippen LogP contribution in [0.3, 0.4) is 0 Å². The highest BCUT2D eigenvalue weighted by molar-refractivity contribution is 6.37. The van der Waals surface area contributed by atoms with Gasteiger partial charge in [0.2, 0.25) is 5.82 Å². The average Bonchev–Trinajstić information content (AvgIpc) is 3.18. The molecular weight excluding hydrogens is 562 g/mol. The van der Waals surface area contributed by atoms with E-state index < -0.39 is 40.7 Å². The Bertz CT molecular complexity index is 1680. The van der Waals surface area contributed by atoms with Gasteiger partial charge in [-0.05, 0) is 47.0 Å². The van der Waals surface area contributed by atoms with E-state index >= 15 is 0 Å². The van der Waals surface area contributed by atoms with Gasteiger partial charge in [0.1, 0.15) is 12.3 Å². The number of ether oxygens (including phenoxy) is 1. The number of rotatable bonds is 5. The summed E-state index contributed by atoms with van der Waals surface area (Å²) < 4.78 is 75.3. The van der Waals surface area contributed by atoms with Gasteiger partial charge in [0.15, 0.2) is 29.0 Å². The summed E-state index contributed by atoms with van der Waals surface area (Å²) >= 11 is 12.8. The molecule has 4 aromatic rings. The molecule has 11 heteroatoms. The van der Waals surface area contributed by atoms with Crippen molar-refractivity contribution in [3.63, 3.8) is 0 Å². The van der Waals surface area contributed by atoms with Crippen molar-refractivity contribution >= 4 is 57.4 Å². The van der Waals surface area contributed by atoms with Gasteiger partial charge in [-0.15, -0.1) is 0 Å². The molecule has 5 rings (SSSR count). The maximum absolute atomic E-state index is 14.3. The Morgan fingerprint density at radius 2 is 1.46 bits per heavy atom. The van der Waals surface area contributed by atoms with E-state index in [0.717, 1.165) is 16.3 Å². The van der Waals surface area contributed by atoms with Crippen LogP contribution in [0.2, 0.25) is 10.0 Å². The molecular formula is C28H15Cl2F5N2O2. The molecule has 1 aliphatic rings. The van der Waals surface area contributed by atoms with Crippen LogP contribution in [0.25, 0.3) is 16.8 Å². The van der Waals surface area contributed by atoms with Gasteiger partial charge in [-0.2, -0.15) is 10.1 Å². The van der Waals surface area contributed by atoms with Gasteiger partial charge in [-0.25, -0.2) is 22.0 Å². The van der Waals surface area contributed by atoms with E-state index in [2.05, 4.69) is 5.10 Å². The lowest BCUT2D eigenvalue weighted by Crippen LogP contribution is -2.25. The van der Waals surface area contributed by atoms with Crippen molar-refractivity contribution in [2.24, 2.45) is 5.10 Å². The van der Waals surface area contributed by atoms with Crippen LogP contribution < -0.4 is 9.75 Å². The molecule has 0 aliphatic carbocycles. The minimum atomic E-state index is -2.34. The number of carbonyl (C=O) groups excluding carboxylic acids is 1. The number of anilines is 1. The standard InChI is InChI=1S/C28H15Cl2F5N2O2/c1-13-18(28(38)37(36-13)26-24(34)22(32)21(31)23(33)25(26)35)9-14-10-19(29)27(20(30)11-14)39-12-16-7-4-6-15-5-2-3-8-17(15)16/h2-11H,12H2,1H3/b18-9+. The number of benzene rings is 4. The van der Waals surface area contributed by atoms with Gasteiger partial charge in [0.25, 0.3) is 5.91 Å². The van der Waals surface area contributed by atoms with E-state index in [4.69, 9.17) is 27.9 Å². The average molecular weight is 577 g/mol. The fourth-order valence-electron chi connectivity index (χ4n) is 4.15. The number of hydrazone groups is 1. The second-order valence-electron chi connectivity index (χ2n) is 8.52. The maximum Gasteiger partial charge on any atom is 0.280 e. The van der Waals surface area contributed by atoms with Crippen LogP contribution in [-0.4, -0.2) is 11.6 Å². The molecule has 0 saturated carbocycles. The van der Waals surface area contributed by atoms with Crippen molar-refractivity contribution in [2.75, 3.05) is 5.01 Å². The SMILES string of the molecule is CC1=NN(c2c(F)c(F)c(F)c(F)c2F)C(=O)/C1=C/c1cc(Cl)c(OCc2cccc3ccccc23)c(Cl)c1. The van der Waals surface area contributed by atoms with E-state index in [-0.39, 0.29) is 38.7 Å². The van der Waals surface area contributed by atoms with E-state index in [1.807, 2.05) is 42.5 Å². The largest absolute Gasteiger partial charge is 0.486 e. The van der Waals surface area contributed by atoms with Crippen molar-refractivity contribution in [1.82, 2.24) is 0 Å². The topological polar surface area (TPSA) is 41.9 Å². The molecule has 1 amide bonds. The van der Waals surface area contributed by atoms with Crippen LogP contribution in [0.4, 0.5) is 27.6 Å². The predicted octanol–water partition coefficient (Wildman–Crippen LogP) is 8.23. The highest BCUT2D eigenvalue weighted by Gasteiger charge is 2.37. The number of amides is 1. The molecule has 39 heavy (non-hydrogen) atoms. The van der Waals surface area contributed by atoms with Gasteiger partial charge < -0.3 is 4.74 Å². The van der Waals surface area contributed by atoms with E-state index in [9.17, 15) is 26.7 Å². The number of hydrogen-bond donors (Lipinski definition) is 0. The predicted molar refractivity (Wildman–Crippen MR) is 140 cm³/mol. The number of fused-ring (bicyclic) bond motifs is 1. The van der Waals surface area contributed by atoms with Crippen LogP contribution >= 0.6 is 23.2 Å². The first kappa shape index (κ1) is 26.6. The monoisotopic (exact) mass is 576 g/mol. The highest BCUT2D eigenvalue weighted by Crippen LogP contribution is 2.37. The highest BCUT2D eigenvalue weighted by atomic mass is 35.5. The van der Waals surface area contributed by atoms with Gasteiger partial charge in [0.05, 0.1) is 21.3 Å². The summed E-state index contributed by atoms with van der Waals surface area (Å²) in [5.74, 6) is -12.0. The molecule has 0 atom stereocenters. The van der Waals surface area contributed by atoms with Crippen LogP contribution in [-0.2, 0) is 11.4 Å². The van der Waals surface area contributed by atoms with Crippen LogP contribution in [0.5, 0.6) is 5.75 Å². The summed E-state index contributed by atoms with van der Waals surface area (Å²) in [6, 6.07) is 16.5. The van der Waals surface area contributed by atoms with Crippen molar-refractivity contribution < 1.29 is 31.5 Å². The van der Waals surface area contributed by atoms with Crippen LogP contribution in [0.15, 0.2) is 65.3 Å². The number of halogens is 7. The lowest BCUT2D eigenvalue weighted by Gasteiger charge is -2.15. The molecule has 0 fully saturated rings. The molecule has 1 aliphatic heterocycles. The van der Waals surface area contributed by atoms with E-state index in [1.165, 1.54) is 25.1 Å². The summed E-state index contributed by atoms with van der Waals surface area (Å²) in [4.78, 5) is 12.9. The lowest BCUT2D eigenvalue weighted by atomic mass is 10.1. The first-order chi connectivity index (χ1) is 18.6. The third-order valence-electron chi connectivity index (χ3n) is 6.04. The summed E-state index contributed by atoms with van der Waals surface area (Å²) in [5.41, 5.74) is -0.474. The van der Waals surface area contributed by atoms with Crippen molar-refractivity contribution in [1.29, 1.82) is 0 Å². The van der Waals surface area contributed by atoms with Crippen molar-refractivity contribution in [2.45, 2.75) is 13.5 Å². The van der Waals surface area contributed by atoms with E-state index in [1.54, 1.807) is 0 Å². The molecule has 0 saturated heterocycles. The first-order valence-electron chi connectivity index (χ1n) is 11.3. The molecule has 0 unspecified atom stereocenters. The van der Waals surface area contributed by atoms with Crippen LogP contribution in [0.1, 0.15) is 18.1 Å². The Kier molecular flexibility index (Phi) is 7.05. The lowest BCUT2D eigenvalue weighted by molar-refractivity contribution is -0.114. The summed E-state index contributed by atoms with van der Waals surface area (Å²) in [6.07, 6.45) is 1.28. The molecule has 1 heterocycles. The zero-order valence-corrected chi connectivity index (χ0v) is 21.3. The zero-order valence-electron chi connectivity index (χ0n) is 19.8. The van der Waals surface area contributed by atoms with Gasteiger partial charge in [-0.1, -0.05) is 65.7 Å². The minimum Gasteiger partial charge on any atom is -0.486 e. The van der Waals surface area contributed by atoms with Gasteiger partial charge in [0, 0.05) is 0 Å². The molecule has 4 aromatic carbocycles. The Morgan fingerprint density at radius 1 is 0.872 bits per heavy atom. The molecule has 4 nitrogen and oxygen atoms in total. The number of hydrogen-bond acceptors (Lipinski definition) is 3. The zero-order chi connectivity index (χ0) is 28.0. The number of nitrogens with zero attached hydrogens (tertiary/aromatic N) is 2. The minimum absolute atomic E-state index is 0.0348. The molecule has 0 aromatic heterocycles. The van der Waals surface area contributed by atoms with Gasteiger partial charge >= 0.3 is 0 Å². The molecule has 0 spiro atoms. The fourth-order valence-corrected chi connectivity index (χ4v) is 4.76. The van der Waals surface area contributed by atoms with Crippen molar-refractivity contribution in [3.8, 4) is 5.75 Å². The fraction of sp³-hybridized carbons (Fsp3) is 0.0714. The quantitative estimate of drug-likeness (QED) is 0.104. The second kappa shape index (κ2) is 10.3. The van der Waals surface area contributed by atoms with Crippen LogP contribution in [0, 0.1) is 29.1 Å². The third-order valence-corrected chi connectivity index (χ3v) is 6.61. The van der Waals surface area contributed by atoms with Gasteiger partial charge in [-0.3, -0.25) is 4.79 Å². The first-order valence-corrected chi connectivity index (χ1v) is 12.1. The third kappa shape index (κ3) is 4.72. The molecule has 0 bridgehead atoms. The summed E-state index contributed by atoms with van der Waals surface area (Å²) in [7, 11) is 0. The normalized spacial score (nSPS) is 14.5. The molecule has 0 N–H and O–H groups in total. The maximum atomic E-state index is 14.3. The smallest absolute Gasteiger partial charge is 0.280 e. The summed E-state index contributed by atoms with van der Waals surface area (Å²) in [6.45, 7) is 1.50. The van der Waals surface area contributed by atoms with E-state index in [0.29, 0.717) is 5.56 Å².